The van der Waals surface area contributed by atoms with E-state index in [-0.39, 0.29) is 0 Å². The zero-order chi connectivity index (χ0) is 18.2. The molecule has 1 aliphatic rings. The number of nitrogens with zero attached hydrogens (tertiary/aromatic N) is 1. The van der Waals surface area contributed by atoms with Gasteiger partial charge in [-0.25, -0.2) is 0 Å². The molecule has 1 aromatic carbocycles. The van der Waals surface area contributed by atoms with Gasteiger partial charge in [-0.2, -0.15) is 0 Å². The molecule has 0 aliphatic carbocycles. The van der Waals surface area contributed by atoms with E-state index in [1.54, 1.807) is 7.05 Å². The van der Waals surface area contributed by atoms with Crippen LogP contribution in [0.15, 0.2) is 33.7 Å². The van der Waals surface area contributed by atoms with Gasteiger partial charge in [0.25, 0.3) is 0 Å². The summed E-state index contributed by atoms with van der Waals surface area (Å²) in [6.07, 6.45) is 3.32. The first-order valence-corrected chi connectivity index (χ1v) is 9.39. The van der Waals surface area contributed by atoms with Crippen molar-refractivity contribution in [2.24, 2.45) is 4.99 Å². The minimum atomic E-state index is 0.359. The molecule has 0 spiro atoms. The van der Waals surface area contributed by atoms with E-state index in [4.69, 9.17) is 13.9 Å². The Labute approximate surface area is 155 Å². The molecule has 26 heavy (non-hydrogen) atoms. The number of para-hydroxylation sites is 1. The third-order valence-corrected chi connectivity index (χ3v) is 4.72. The summed E-state index contributed by atoms with van der Waals surface area (Å²) in [5.41, 5.74) is 2.10. The molecular formula is C20H29N3O3. The summed E-state index contributed by atoms with van der Waals surface area (Å²) in [6, 6.07) is 8.11. The molecule has 0 amide bonds. The van der Waals surface area contributed by atoms with Gasteiger partial charge in [0.05, 0.1) is 12.6 Å². The van der Waals surface area contributed by atoms with Gasteiger partial charge in [-0.1, -0.05) is 18.2 Å². The number of aryl methyl sites for hydroxylation is 1. The molecule has 1 fully saturated rings. The second-order valence-corrected chi connectivity index (χ2v) is 6.54. The van der Waals surface area contributed by atoms with Crippen LogP contribution in [0.3, 0.4) is 0 Å². The Morgan fingerprint density at radius 1 is 1.23 bits per heavy atom. The number of rotatable bonds is 7. The molecule has 1 saturated heterocycles. The summed E-state index contributed by atoms with van der Waals surface area (Å²) in [7, 11) is 1.78. The molecule has 0 unspecified atom stereocenters. The molecule has 6 heteroatoms. The number of nitrogens with one attached hydrogen (secondary N) is 2. The van der Waals surface area contributed by atoms with Crippen LogP contribution in [0.5, 0.6) is 0 Å². The Morgan fingerprint density at radius 3 is 2.81 bits per heavy atom. The van der Waals surface area contributed by atoms with E-state index in [9.17, 15) is 0 Å². The third kappa shape index (κ3) is 4.99. The standard InChI is InChI=1S/C20H29N3O3/c1-15-17-6-3-4-7-18(17)26-19(15)14-23-20(21-2)22-10-5-11-25-16-8-12-24-13-9-16/h3-4,6-7,16H,5,8-14H2,1-2H3,(H2,21,22,23). The van der Waals surface area contributed by atoms with Crippen LogP contribution < -0.4 is 10.6 Å². The zero-order valence-electron chi connectivity index (χ0n) is 15.7. The van der Waals surface area contributed by atoms with E-state index < -0.39 is 0 Å². The molecule has 1 aromatic heterocycles. The van der Waals surface area contributed by atoms with Crippen molar-refractivity contribution in [3.8, 4) is 0 Å². The van der Waals surface area contributed by atoms with Crippen molar-refractivity contribution in [2.45, 2.75) is 38.8 Å². The van der Waals surface area contributed by atoms with E-state index in [0.717, 1.165) is 68.3 Å². The second-order valence-electron chi connectivity index (χ2n) is 6.54. The van der Waals surface area contributed by atoms with Crippen LogP contribution in [0.4, 0.5) is 0 Å². The summed E-state index contributed by atoms with van der Waals surface area (Å²) in [6.45, 7) is 5.92. The Kier molecular flexibility index (Phi) is 6.91. The largest absolute Gasteiger partial charge is 0.459 e. The fourth-order valence-electron chi connectivity index (χ4n) is 3.15. The molecule has 0 atom stereocenters. The van der Waals surface area contributed by atoms with Gasteiger partial charge < -0.3 is 24.5 Å². The molecule has 0 radical (unpaired) electrons. The van der Waals surface area contributed by atoms with Gasteiger partial charge in [-0.15, -0.1) is 0 Å². The predicted molar refractivity (Wildman–Crippen MR) is 104 cm³/mol. The van der Waals surface area contributed by atoms with Gasteiger partial charge in [0.1, 0.15) is 11.3 Å². The number of furan rings is 1. The van der Waals surface area contributed by atoms with E-state index in [1.807, 2.05) is 18.2 Å². The average molecular weight is 359 g/mol. The number of fused-ring (bicyclic) bond motifs is 1. The molecule has 0 bridgehead atoms. The first-order chi connectivity index (χ1) is 12.8. The van der Waals surface area contributed by atoms with Gasteiger partial charge in [0.15, 0.2) is 5.96 Å². The lowest BCUT2D eigenvalue weighted by molar-refractivity contribution is -0.0320. The van der Waals surface area contributed by atoms with Crippen molar-refractivity contribution in [2.75, 3.05) is 33.4 Å². The maximum Gasteiger partial charge on any atom is 0.191 e. The molecule has 0 saturated carbocycles. The minimum Gasteiger partial charge on any atom is -0.459 e. The average Bonchev–Trinajstić information content (AvgIpc) is 3.01. The number of benzene rings is 1. The van der Waals surface area contributed by atoms with E-state index in [2.05, 4.69) is 28.6 Å². The molecule has 3 rings (SSSR count). The summed E-state index contributed by atoms with van der Waals surface area (Å²) >= 11 is 0. The molecule has 2 heterocycles. The first-order valence-electron chi connectivity index (χ1n) is 9.39. The summed E-state index contributed by atoms with van der Waals surface area (Å²) in [5.74, 6) is 1.72. The summed E-state index contributed by atoms with van der Waals surface area (Å²) in [4.78, 5) is 4.27. The lowest BCUT2D eigenvalue weighted by Gasteiger charge is -2.22. The van der Waals surface area contributed by atoms with Gasteiger partial charge in [-0.3, -0.25) is 4.99 Å². The predicted octanol–water partition coefficient (Wildman–Crippen LogP) is 2.99. The number of ether oxygens (including phenoxy) is 2. The lowest BCUT2D eigenvalue weighted by Crippen LogP contribution is -2.37. The Morgan fingerprint density at radius 2 is 2.04 bits per heavy atom. The quantitative estimate of drug-likeness (QED) is 0.452. The van der Waals surface area contributed by atoms with E-state index in [1.165, 1.54) is 5.56 Å². The monoisotopic (exact) mass is 359 g/mol. The van der Waals surface area contributed by atoms with Crippen LogP contribution in [-0.2, 0) is 16.0 Å². The van der Waals surface area contributed by atoms with Gasteiger partial charge in [0, 0.05) is 44.4 Å². The number of aliphatic imine (C=N–C) groups is 1. The second kappa shape index (κ2) is 9.59. The highest BCUT2D eigenvalue weighted by molar-refractivity contribution is 5.82. The minimum absolute atomic E-state index is 0.359. The highest BCUT2D eigenvalue weighted by atomic mass is 16.5. The smallest absolute Gasteiger partial charge is 0.191 e. The van der Waals surface area contributed by atoms with Crippen molar-refractivity contribution in [3.05, 3.63) is 35.6 Å². The molecule has 1 aliphatic heterocycles. The number of guanidine groups is 1. The molecule has 6 nitrogen and oxygen atoms in total. The van der Waals surface area contributed by atoms with Crippen molar-refractivity contribution < 1.29 is 13.9 Å². The first kappa shape index (κ1) is 18.7. The van der Waals surface area contributed by atoms with Crippen LogP contribution >= 0.6 is 0 Å². The van der Waals surface area contributed by atoms with Crippen LogP contribution in [-0.4, -0.2) is 45.5 Å². The maximum absolute atomic E-state index is 5.93. The van der Waals surface area contributed by atoms with Crippen molar-refractivity contribution in [1.29, 1.82) is 0 Å². The molecular weight excluding hydrogens is 330 g/mol. The third-order valence-electron chi connectivity index (χ3n) is 4.72. The van der Waals surface area contributed by atoms with Crippen LogP contribution in [0, 0.1) is 6.92 Å². The Hall–Kier alpha value is -2.05. The molecule has 142 valence electrons. The van der Waals surface area contributed by atoms with Gasteiger partial charge in [-0.05, 0) is 32.3 Å². The fourth-order valence-corrected chi connectivity index (χ4v) is 3.15. The molecule has 2 N–H and O–H groups in total. The SMILES string of the molecule is CN=C(NCCCOC1CCOCC1)NCc1oc2ccccc2c1C. The zero-order valence-corrected chi connectivity index (χ0v) is 15.7. The maximum atomic E-state index is 5.93. The normalized spacial score (nSPS) is 16.2. The Bertz CT molecular complexity index is 720. The molecule has 2 aromatic rings. The van der Waals surface area contributed by atoms with E-state index >= 15 is 0 Å². The van der Waals surface area contributed by atoms with Crippen molar-refractivity contribution in [1.82, 2.24) is 10.6 Å². The number of hydrogen-bond acceptors (Lipinski definition) is 4. The fraction of sp³-hybridized carbons (Fsp3) is 0.550. The van der Waals surface area contributed by atoms with Crippen LogP contribution in [0.2, 0.25) is 0 Å². The summed E-state index contributed by atoms with van der Waals surface area (Å²) < 4.78 is 17.2. The van der Waals surface area contributed by atoms with Gasteiger partial charge >= 0.3 is 0 Å². The summed E-state index contributed by atoms with van der Waals surface area (Å²) in [5, 5.41) is 7.80. The van der Waals surface area contributed by atoms with E-state index in [0.29, 0.717) is 12.6 Å². The van der Waals surface area contributed by atoms with Crippen molar-refractivity contribution in [3.63, 3.8) is 0 Å². The van der Waals surface area contributed by atoms with Crippen LogP contribution in [0.1, 0.15) is 30.6 Å². The van der Waals surface area contributed by atoms with Crippen LogP contribution in [0.25, 0.3) is 11.0 Å². The number of hydrogen-bond donors (Lipinski definition) is 2. The lowest BCUT2D eigenvalue weighted by atomic mass is 10.1. The highest BCUT2D eigenvalue weighted by Crippen LogP contribution is 2.24. The van der Waals surface area contributed by atoms with Crippen molar-refractivity contribution >= 4 is 16.9 Å². The topological polar surface area (TPSA) is 68.0 Å². The highest BCUT2D eigenvalue weighted by Gasteiger charge is 2.13. The van der Waals surface area contributed by atoms with Gasteiger partial charge in [0.2, 0.25) is 0 Å². The Balaban J connectivity index is 1.38.